The standard InChI is InChI=1S/C11H19N5O2S/c1-7(19-4)5-6-13-10-9(16(17)18)8(2)14-11(12-3)15-10/h7H,5-6H2,1-4H3,(H2,12,13,14,15). The van der Waals surface area contributed by atoms with Crippen LogP contribution in [0.25, 0.3) is 0 Å². The summed E-state index contributed by atoms with van der Waals surface area (Å²) in [6, 6.07) is 0. The molecule has 7 nitrogen and oxygen atoms in total. The summed E-state index contributed by atoms with van der Waals surface area (Å²) in [6.45, 7) is 4.36. The van der Waals surface area contributed by atoms with Gasteiger partial charge in [-0.3, -0.25) is 10.1 Å². The van der Waals surface area contributed by atoms with Gasteiger partial charge in [-0.25, -0.2) is 4.98 Å². The number of hydrogen-bond donors (Lipinski definition) is 2. The van der Waals surface area contributed by atoms with Gasteiger partial charge in [0, 0.05) is 18.8 Å². The predicted molar refractivity (Wildman–Crippen MR) is 79.1 cm³/mol. The van der Waals surface area contributed by atoms with Crippen LogP contribution in [0.2, 0.25) is 0 Å². The smallest absolute Gasteiger partial charge is 0.332 e. The molecule has 2 N–H and O–H groups in total. The lowest BCUT2D eigenvalue weighted by atomic mass is 10.3. The predicted octanol–water partition coefficient (Wildman–Crippen LogP) is 2.29. The van der Waals surface area contributed by atoms with Crippen molar-refractivity contribution in [3.63, 3.8) is 0 Å². The van der Waals surface area contributed by atoms with Crippen molar-refractivity contribution in [2.24, 2.45) is 0 Å². The quantitative estimate of drug-likeness (QED) is 0.586. The highest BCUT2D eigenvalue weighted by Gasteiger charge is 2.21. The average molecular weight is 285 g/mol. The minimum absolute atomic E-state index is 0.0594. The van der Waals surface area contributed by atoms with Gasteiger partial charge in [-0.15, -0.1) is 0 Å². The van der Waals surface area contributed by atoms with Gasteiger partial charge in [-0.1, -0.05) is 6.92 Å². The van der Waals surface area contributed by atoms with Crippen molar-refractivity contribution in [1.82, 2.24) is 9.97 Å². The summed E-state index contributed by atoms with van der Waals surface area (Å²) in [4.78, 5) is 18.7. The van der Waals surface area contributed by atoms with E-state index in [-0.39, 0.29) is 11.5 Å². The van der Waals surface area contributed by atoms with E-state index in [1.165, 1.54) is 0 Å². The van der Waals surface area contributed by atoms with Gasteiger partial charge in [0.05, 0.1) is 4.92 Å². The van der Waals surface area contributed by atoms with E-state index < -0.39 is 4.92 Å². The molecule has 1 atom stereocenters. The summed E-state index contributed by atoms with van der Waals surface area (Å²) in [7, 11) is 1.68. The Bertz CT molecular complexity index is 455. The first-order valence-corrected chi connectivity index (χ1v) is 7.25. The number of thioether (sulfide) groups is 1. The molecule has 0 aromatic carbocycles. The zero-order valence-electron chi connectivity index (χ0n) is 11.6. The van der Waals surface area contributed by atoms with Gasteiger partial charge < -0.3 is 10.6 Å². The SMILES string of the molecule is CNc1nc(C)c([N+](=O)[O-])c(NCCC(C)SC)n1. The minimum atomic E-state index is -0.449. The Hall–Kier alpha value is -1.57. The Balaban J connectivity index is 2.90. The molecule has 0 aliphatic heterocycles. The van der Waals surface area contributed by atoms with Crippen LogP contribution >= 0.6 is 11.8 Å². The maximum atomic E-state index is 11.1. The van der Waals surface area contributed by atoms with Gasteiger partial charge in [-0.05, 0) is 19.6 Å². The van der Waals surface area contributed by atoms with Gasteiger partial charge in [-0.2, -0.15) is 16.7 Å². The molecule has 0 aliphatic carbocycles. The summed E-state index contributed by atoms with van der Waals surface area (Å²) in [5, 5.41) is 17.4. The second-order valence-electron chi connectivity index (χ2n) is 4.10. The van der Waals surface area contributed by atoms with E-state index in [4.69, 9.17) is 0 Å². The largest absolute Gasteiger partial charge is 0.364 e. The van der Waals surface area contributed by atoms with Gasteiger partial charge in [0.15, 0.2) is 0 Å². The van der Waals surface area contributed by atoms with E-state index in [0.717, 1.165) is 6.42 Å². The van der Waals surface area contributed by atoms with Crippen LogP contribution in [0.4, 0.5) is 17.5 Å². The fourth-order valence-corrected chi connectivity index (χ4v) is 1.89. The Kier molecular flexibility index (Phi) is 5.81. The van der Waals surface area contributed by atoms with Crippen LogP contribution in [-0.4, -0.2) is 40.0 Å². The van der Waals surface area contributed by atoms with Crippen LogP contribution in [0.15, 0.2) is 0 Å². The normalized spacial score (nSPS) is 12.0. The molecule has 1 rings (SSSR count). The number of nitro groups is 1. The van der Waals surface area contributed by atoms with Gasteiger partial charge in [0.1, 0.15) is 5.69 Å². The summed E-state index contributed by atoms with van der Waals surface area (Å²) < 4.78 is 0. The number of aromatic nitrogens is 2. The molecule has 0 aliphatic rings. The van der Waals surface area contributed by atoms with E-state index in [0.29, 0.717) is 23.4 Å². The van der Waals surface area contributed by atoms with Crippen LogP contribution in [0.3, 0.4) is 0 Å². The first kappa shape index (κ1) is 15.5. The molecular weight excluding hydrogens is 266 g/mol. The topological polar surface area (TPSA) is 93.0 Å². The fourth-order valence-electron chi connectivity index (χ4n) is 1.53. The molecule has 1 unspecified atom stereocenters. The summed E-state index contributed by atoms with van der Waals surface area (Å²) in [6.07, 6.45) is 2.96. The van der Waals surface area contributed by atoms with Crippen LogP contribution in [-0.2, 0) is 0 Å². The number of anilines is 2. The molecule has 0 bridgehead atoms. The maximum absolute atomic E-state index is 11.1. The lowest BCUT2D eigenvalue weighted by Crippen LogP contribution is -2.13. The van der Waals surface area contributed by atoms with Crippen LogP contribution in [0, 0.1) is 17.0 Å². The van der Waals surface area contributed by atoms with Crippen molar-refractivity contribution in [2.75, 3.05) is 30.5 Å². The van der Waals surface area contributed by atoms with Crippen LogP contribution < -0.4 is 10.6 Å². The molecule has 0 radical (unpaired) electrons. The van der Waals surface area contributed by atoms with Crippen molar-refractivity contribution in [3.8, 4) is 0 Å². The molecule has 0 saturated carbocycles. The van der Waals surface area contributed by atoms with E-state index in [1.54, 1.807) is 25.7 Å². The first-order chi connectivity index (χ1) is 8.99. The summed E-state index contributed by atoms with van der Waals surface area (Å²) in [5.74, 6) is 0.652. The molecule has 106 valence electrons. The summed E-state index contributed by atoms with van der Waals surface area (Å²) >= 11 is 1.76. The van der Waals surface area contributed by atoms with Crippen LogP contribution in [0.1, 0.15) is 19.0 Å². The fraction of sp³-hybridized carbons (Fsp3) is 0.636. The average Bonchev–Trinajstić information content (AvgIpc) is 2.37. The number of aryl methyl sites for hydroxylation is 1. The van der Waals surface area contributed by atoms with E-state index in [1.807, 2.05) is 6.26 Å². The van der Waals surface area contributed by atoms with E-state index >= 15 is 0 Å². The summed E-state index contributed by atoms with van der Waals surface area (Å²) in [5.41, 5.74) is 0.292. The lowest BCUT2D eigenvalue weighted by molar-refractivity contribution is -0.385. The van der Waals surface area contributed by atoms with Crippen molar-refractivity contribution in [3.05, 3.63) is 15.8 Å². The van der Waals surface area contributed by atoms with Gasteiger partial charge in [0.2, 0.25) is 11.8 Å². The minimum Gasteiger partial charge on any atom is -0.364 e. The zero-order valence-corrected chi connectivity index (χ0v) is 12.4. The molecule has 19 heavy (non-hydrogen) atoms. The Morgan fingerprint density at radius 1 is 1.47 bits per heavy atom. The van der Waals surface area contributed by atoms with Gasteiger partial charge in [0.25, 0.3) is 0 Å². The Morgan fingerprint density at radius 3 is 2.68 bits per heavy atom. The first-order valence-electron chi connectivity index (χ1n) is 5.97. The third kappa shape index (κ3) is 4.23. The molecule has 1 heterocycles. The third-order valence-corrected chi connectivity index (χ3v) is 3.75. The Labute approximate surface area is 116 Å². The monoisotopic (exact) mass is 285 g/mol. The number of nitrogens with zero attached hydrogens (tertiary/aromatic N) is 3. The molecule has 8 heteroatoms. The number of rotatable bonds is 7. The Morgan fingerprint density at radius 2 is 2.16 bits per heavy atom. The molecule has 0 fully saturated rings. The zero-order chi connectivity index (χ0) is 14.4. The van der Waals surface area contributed by atoms with Crippen LogP contribution in [0.5, 0.6) is 0 Å². The van der Waals surface area contributed by atoms with E-state index in [9.17, 15) is 10.1 Å². The van der Waals surface area contributed by atoms with Crippen molar-refractivity contribution < 1.29 is 4.92 Å². The van der Waals surface area contributed by atoms with Crippen molar-refractivity contribution in [1.29, 1.82) is 0 Å². The highest BCUT2D eigenvalue weighted by atomic mass is 32.2. The molecule has 1 aromatic heterocycles. The van der Waals surface area contributed by atoms with Crippen molar-refractivity contribution >= 4 is 29.2 Å². The van der Waals surface area contributed by atoms with E-state index in [2.05, 4.69) is 27.5 Å². The van der Waals surface area contributed by atoms with Crippen molar-refractivity contribution in [2.45, 2.75) is 25.5 Å². The maximum Gasteiger partial charge on any atom is 0.332 e. The molecule has 0 amide bonds. The second-order valence-corrected chi connectivity index (χ2v) is 5.37. The lowest BCUT2D eigenvalue weighted by Gasteiger charge is -2.11. The third-order valence-electron chi connectivity index (χ3n) is 2.71. The van der Waals surface area contributed by atoms with Gasteiger partial charge >= 0.3 is 5.69 Å². The molecular formula is C11H19N5O2S. The number of nitrogens with one attached hydrogen (secondary N) is 2. The molecule has 0 spiro atoms. The molecule has 1 aromatic rings. The second kappa shape index (κ2) is 7.13. The highest BCUT2D eigenvalue weighted by molar-refractivity contribution is 7.99. The molecule has 0 saturated heterocycles. The highest BCUT2D eigenvalue weighted by Crippen LogP contribution is 2.26. The number of hydrogen-bond acceptors (Lipinski definition) is 7.